The molecule has 0 bridgehead atoms. The lowest BCUT2D eigenvalue weighted by Crippen LogP contribution is -2.29. The van der Waals surface area contributed by atoms with Gasteiger partial charge >= 0.3 is 0 Å². The molecule has 9 rings (SSSR count). The predicted octanol–water partition coefficient (Wildman–Crippen LogP) is 9.70. The number of carbonyl (C=O) groups excluding carboxylic acids is 6. The fraction of sp³-hybridized carbons (Fsp3) is 0.0213. The number of ketones is 2. The molecule has 296 valence electrons. The van der Waals surface area contributed by atoms with Crippen molar-refractivity contribution in [2.24, 2.45) is 10.2 Å². The van der Waals surface area contributed by atoms with Gasteiger partial charge in [-0.05, 0) is 78.2 Å². The van der Waals surface area contributed by atoms with Crippen LogP contribution < -0.4 is 20.3 Å². The highest BCUT2D eigenvalue weighted by atomic mass is 35.5. The SMILES string of the molecule is COc1ccc(Cl)cc1N1C(=O)c2ccc(C(=O)Nc3ccc(NC(=O)c4cc5ccccc5c(N=Nc5cccc6c5C(=O)c5ccccc5C6=O)c4O)cc3)cc2C1=O. The highest BCUT2D eigenvalue weighted by Gasteiger charge is 2.39. The van der Waals surface area contributed by atoms with E-state index < -0.39 is 29.4 Å². The van der Waals surface area contributed by atoms with Gasteiger partial charge in [-0.1, -0.05) is 72.3 Å². The van der Waals surface area contributed by atoms with E-state index in [9.17, 15) is 33.9 Å². The lowest BCUT2D eigenvalue weighted by molar-refractivity contribution is 0.0922. The highest BCUT2D eigenvalue weighted by molar-refractivity contribution is 6.36. The molecule has 0 spiro atoms. The van der Waals surface area contributed by atoms with E-state index >= 15 is 0 Å². The number of nitrogens with zero attached hydrogens (tertiary/aromatic N) is 3. The number of phenols is 1. The summed E-state index contributed by atoms with van der Waals surface area (Å²) in [6.45, 7) is 0. The summed E-state index contributed by atoms with van der Waals surface area (Å²) < 4.78 is 5.34. The summed E-state index contributed by atoms with van der Waals surface area (Å²) in [7, 11) is 1.41. The number of hydrogen-bond acceptors (Lipinski definition) is 10. The third-order valence-electron chi connectivity index (χ3n) is 10.4. The van der Waals surface area contributed by atoms with E-state index in [-0.39, 0.29) is 73.3 Å². The maximum Gasteiger partial charge on any atom is 0.266 e. The maximum atomic E-state index is 13.7. The molecule has 0 atom stereocenters. The fourth-order valence-corrected chi connectivity index (χ4v) is 7.55. The van der Waals surface area contributed by atoms with Gasteiger partial charge in [-0.3, -0.25) is 28.8 Å². The molecule has 7 aromatic rings. The van der Waals surface area contributed by atoms with Gasteiger partial charge < -0.3 is 20.5 Å². The number of hydrogen-bond donors (Lipinski definition) is 3. The Labute approximate surface area is 350 Å². The van der Waals surface area contributed by atoms with Crippen molar-refractivity contribution in [2.75, 3.05) is 22.6 Å². The number of nitrogens with one attached hydrogen (secondary N) is 2. The van der Waals surface area contributed by atoms with E-state index in [1.807, 2.05) is 0 Å². The molecule has 3 N–H and O–H groups in total. The number of methoxy groups -OCH3 is 1. The number of imide groups is 1. The largest absolute Gasteiger partial charge is 0.505 e. The number of halogens is 1. The molecular weight excluding hydrogens is 798 g/mol. The number of phenolic OH excluding ortho intramolecular Hbond substituents is 1. The Bertz CT molecular complexity index is 3130. The van der Waals surface area contributed by atoms with E-state index in [1.165, 1.54) is 37.4 Å². The lowest BCUT2D eigenvalue weighted by atomic mass is 9.83. The van der Waals surface area contributed by atoms with E-state index in [4.69, 9.17) is 16.3 Å². The standard InChI is InChI=1S/C47H28ClN5O8/c1-61-38-20-14-26(48)23-37(38)53-46(59)32-19-13-25(22-34(32)47(53)60)44(57)49-27-15-17-28(18-16-27)50-45(58)35-21-24-7-2-3-8-29(24)40(43(35)56)52-51-36-12-6-11-33-39(36)42(55)31-10-5-4-9-30(31)41(33)54/h2-23,56H,1H3,(H,49,57)(H,50,58). The zero-order valence-corrected chi connectivity index (χ0v) is 32.5. The Morgan fingerprint density at radius 3 is 2.03 bits per heavy atom. The van der Waals surface area contributed by atoms with Gasteiger partial charge in [0.2, 0.25) is 0 Å². The summed E-state index contributed by atoms with van der Waals surface area (Å²) >= 11 is 6.15. The van der Waals surface area contributed by atoms with Crippen LogP contribution in [-0.4, -0.2) is 47.4 Å². The third-order valence-corrected chi connectivity index (χ3v) is 10.6. The summed E-state index contributed by atoms with van der Waals surface area (Å²) in [5.74, 6) is -3.35. The van der Waals surface area contributed by atoms with Crippen molar-refractivity contribution in [3.05, 3.63) is 183 Å². The molecule has 4 amide bonds. The van der Waals surface area contributed by atoms with E-state index in [0.29, 0.717) is 32.7 Å². The molecule has 2 aliphatic rings. The first kappa shape index (κ1) is 38.2. The van der Waals surface area contributed by atoms with Gasteiger partial charge in [0.1, 0.15) is 11.4 Å². The Hall–Kier alpha value is -8.29. The van der Waals surface area contributed by atoms with Crippen molar-refractivity contribution in [1.82, 2.24) is 0 Å². The Morgan fingerprint density at radius 2 is 1.30 bits per heavy atom. The van der Waals surface area contributed by atoms with Crippen molar-refractivity contribution in [2.45, 2.75) is 0 Å². The van der Waals surface area contributed by atoms with Crippen molar-refractivity contribution < 1.29 is 38.6 Å². The zero-order valence-electron chi connectivity index (χ0n) is 31.7. The molecule has 7 aromatic carbocycles. The molecule has 1 aliphatic heterocycles. The first-order chi connectivity index (χ1) is 29.5. The van der Waals surface area contributed by atoms with E-state index in [2.05, 4.69) is 20.9 Å². The second-order valence-corrected chi connectivity index (χ2v) is 14.4. The molecule has 0 radical (unpaired) electrons. The quantitative estimate of drug-likeness (QED) is 0.0999. The van der Waals surface area contributed by atoms with E-state index in [0.717, 1.165) is 4.90 Å². The van der Waals surface area contributed by atoms with Crippen LogP contribution in [0.2, 0.25) is 5.02 Å². The predicted molar refractivity (Wildman–Crippen MR) is 227 cm³/mol. The Morgan fingerprint density at radius 1 is 0.639 bits per heavy atom. The summed E-state index contributed by atoms with van der Waals surface area (Å²) in [5.41, 5.74) is 1.96. The number of azo groups is 1. The van der Waals surface area contributed by atoms with Gasteiger partial charge in [0.25, 0.3) is 23.6 Å². The number of carbonyl (C=O) groups is 6. The highest BCUT2D eigenvalue weighted by Crippen LogP contribution is 2.42. The van der Waals surface area contributed by atoms with Crippen LogP contribution in [0.5, 0.6) is 11.5 Å². The minimum Gasteiger partial charge on any atom is -0.505 e. The molecule has 1 aliphatic carbocycles. The lowest BCUT2D eigenvalue weighted by Gasteiger charge is -2.18. The molecule has 61 heavy (non-hydrogen) atoms. The van der Waals surface area contributed by atoms with Gasteiger partial charge in [-0.2, -0.15) is 0 Å². The summed E-state index contributed by atoms with van der Waals surface area (Å²) in [5, 5.41) is 27.0. The molecule has 0 saturated heterocycles. The minimum absolute atomic E-state index is 0.0246. The smallest absolute Gasteiger partial charge is 0.266 e. The number of fused-ring (bicyclic) bond motifs is 4. The van der Waals surface area contributed by atoms with Gasteiger partial charge in [-0.15, -0.1) is 10.2 Å². The number of benzene rings is 7. The molecule has 1 heterocycles. The molecule has 14 heteroatoms. The monoisotopic (exact) mass is 825 g/mol. The average Bonchev–Trinajstić information content (AvgIpc) is 3.53. The van der Waals surface area contributed by atoms with Crippen molar-refractivity contribution in [3.8, 4) is 11.5 Å². The molecule has 0 unspecified atom stereocenters. The van der Waals surface area contributed by atoms with Gasteiger partial charge in [0.05, 0.1) is 40.7 Å². The van der Waals surface area contributed by atoms with Crippen LogP contribution in [0.15, 0.2) is 144 Å². The summed E-state index contributed by atoms with van der Waals surface area (Å²) in [6, 6.07) is 34.6. The van der Waals surface area contributed by atoms with Gasteiger partial charge in [-0.25, -0.2) is 4.90 Å². The second kappa shape index (κ2) is 15.1. The minimum atomic E-state index is -0.673. The number of aromatic hydroxyl groups is 1. The van der Waals surface area contributed by atoms with Crippen LogP contribution in [0, 0.1) is 0 Å². The van der Waals surface area contributed by atoms with Gasteiger partial charge in [0, 0.05) is 44.0 Å². The maximum absolute atomic E-state index is 13.7. The van der Waals surface area contributed by atoms with Crippen LogP contribution in [0.4, 0.5) is 28.4 Å². The van der Waals surface area contributed by atoms with Crippen molar-refractivity contribution in [1.29, 1.82) is 0 Å². The van der Waals surface area contributed by atoms with Crippen LogP contribution in [0.1, 0.15) is 73.3 Å². The molecule has 0 aromatic heterocycles. The molecule has 13 nitrogen and oxygen atoms in total. The Kier molecular flexibility index (Phi) is 9.49. The number of ether oxygens (including phenoxy) is 1. The second-order valence-electron chi connectivity index (χ2n) is 14.0. The number of amides is 4. The molecular formula is C47H28ClN5O8. The number of rotatable bonds is 8. The number of anilines is 3. The third kappa shape index (κ3) is 6.64. The zero-order chi connectivity index (χ0) is 42.5. The first-order valence-corrected chi connectivity index (χ1v) is 19.0. The molecule has 0 fully saturated rings. The average molecular weight is 826 g/mol. The fourth-order valence-electron chi connectivity index (χ4n) is 7.38. The van der Waals surface area contributed by atoms with Crippen molar-refractivity contribution >= 4 is 86.0 Å². The van der Waals surface area contributed by atoms with Gasteiger partial charge in [0.15, 0.2) is 17.3 Å². The Balaban J connectivity index is 0.929. The van der Waals surface area contributed by atoms with Crippen LogP contribution in [-0.2, 0) is 0 Å². The normalized spacial score (nSPS) is 13.0. The van der Waals surface area contributed by atoms with Crippen molar-refractivity contribution in [3.63, 3.8) is 0 Å². The summed E-state index contributed by atoms with van der Waals surface area (Å²) in [4.78, 5) is 81.5. The molecule has 0 saturated carbocycles. The summed E-state index contributed by atoms with van der Waals surface area (Å²) in [6.07, 6.45) is 0. The van der Waals surface area contributed by atoms with Crippen LogP contribution in [0.3, 0.4) is 0 Å². The van der Waals surface area contributed by atoms with Crippen LogP contribution >= 0.6 is 11.6 Å². The topological polar surface area (TPSA) is 184 Å². The first-order valence-electron chi connectivity index (χ1n) is 18.6. The van der Waals surface area contributed by atoms with Crippen LogP contribution in [0.25, 0.3) is 10.8 Å². The van der Waals surface area contributed by atoms with E-state index in [1.54, 1.807) is 103 Å².